The smallest absolute Gasteiger partial charge is 0.160 e. The van der Waals surface area contributed by atoms with Crippen molar-refractivity contribution in [3.05, 3.63) is 42.6 Å². The van der Waals surface area contributed by atoms with Crippen molar-refractivity contribution in [1.29, 1.82) is 0 Å². The summed E-state index contributed by atoms with van der Waals surface area (Å²) in [7, 11) is 0. The molecule has 1 aliphatic rings. The van der Waals surface area contributed by atoms with Crippen molar-refractivity contribution in [2.24, 2.45) is 5.92 Å². The third-order valence-corrected chi connectivity index (χ3v) is 4.07. The summed E-state index contributed by atoms with van der Waals surface area (Å²) < 4.78 is 7.63. The molecule has 3 heterocycles. The molecule has 2 aromatic heterocycles. The van der Waals surface area contributed by atoms with Crippen LogP contribution in [-0.4, -0.2) is 32.9 Å². The van der Waals surface area contributed by atoms with Crippen LogP contribution in [0.25, 0.3) is 22.6 Å². The van der Waals surface area contributed by atoms with Crippen molar-refractivity contribution in [2.75, 3.05) is 13.2 Å². The lowest BCUT2D eigenvalue weighted by atomic mass is 10.1. The molecule has 22 heavy (non-hydrogen) atoms. The summed E-state index contributed by atoms with van der Waals surface area (Å²) >= 11 is 0. The van der Waals surface area contributed by atoms with E-state index >= 15 is 0 Å². The molecular weight excluding hydrogens is 278 g/mol. The highest BCUT2D eigenvalue weighted by atomic mass is 16.5. The Bertz CT molecular complexity index is 807. The minimum atomic E-state index is 0.244. The summed E-state index contributed by atoms with van der Waals surface area (Å²) in [5.41, 5.74) is 2.66. The summed E-state index contributed by atoms with van der Waals surface area (Å²) in [5, 5.41) is 9.75. The number of nitrogens with zero attached hydrogens (tertiary/aromatic N) is 3. The zero-order chi connectivity index (χ0) is 14.9. The van der Waals surface area contributed by atoms with E-state index in [-0.39, 0.29) is 5.75 Å². The van der Waals surface area contributed by atoms with E-state index in [4.69, 9.17) is 9.72 Å². The normalized spacial score (nSPS) is 18.1. The lowest BCUT2D eigenvalue weighted by molar-refractivity contribution is 0.183. The number of benzene rings is 1. The first kappa shape index (κ1) is 13.3. The van der Waals surface area contributed by atoms with Crippen LogP contribution in [0.5, 0.6) is 5.75 Å². The van der Waals surface area contributed by atoms with Crippen LogP contribution in [-0.2, 0) is 11.3 Å². The van der Waals surface area contributed by atoms with Gasteiger partial charge in [0.2, 0.25) is 0 Å². The number of pyridine rings is 1. The molecule has 0 aliphatic carbocycles. The van der Waals surface area contributed by atoms with Gasteiger partial charge in [0.05, 0.1) is 6.61 Å². The van der Waals surface area contributed by atoms with E-state index < -0.39 is 0 Å². The Kier molecular flexibility index (Phi) is 3.27. The number of phenolic OH excluding ortho intramolecular Hbond substituents is 1. The van der Waals surface area contributed by atoms with Crippen molar-refractivity contribution in [3.8, 4) is 17.1 Å². The second-order valence-electron chi connectivity index (χ2n) is 5.67. The summed E-state index contributed by atoms with van der Waals surface area (Å²) in [4.78, 5) is 9.20. The highest BCUT2D eigenvalue weighted by molar-refractivity contribution is 5.77. The van der Waals surface area contributed by atoms with Crippen molar-refractivity contribution in [2.45, 2.75) is 13.0 Å². The molecule has 4 rings (SSSR count). The monoisotopic (exact) mass is 295 g/mol. The molecule has 1 saturated heterocycles. The number of phenols is 1. The third kappa shape index (κ3) is 2.33. The highest BCUT2D eigenvalue weighted by Gasteiger charge is 2.21. The van der Waals surface area contributed by atoms with Crippen molar-refractivity contribution < 1.29 is 9.84 Å². The molecule has 0 amide bonds. The van der Waals surface area contributed by atoms with Crippen molar-refractivity contribution in [3.63, 3.8) is 0 Å². The minimum Gasteiger partial charge on any atom is -0.508 e. The van der Waals surface area contributed by atoms with Crippen LogP contribution in [0.4, 0.5) is 0 Å². The second-order valence-corrected chi connectivity index (χ2v) is 5.67. The lowest BCUT2D eigenvalue weighted by Gasteiger charge is -2.12. The zero-order valence-corrected chi connectivity index (χ0v) is 12.1. The molecule has 1 fully saturated rings. The summed E-state index contributed by atoms with van der Waals surface area (Å²) in [6.07, 6.45) is 2.85. The fourth-order valence-electron chi connectivity index (χ4n) is 2.98. The van der Waals surface area contributed by atoms with Gasteiger partial charge in [-0.1, -0.05) is 12.1 Å². The summed E-state index contributed by atoms with van der Waals surface area (Å²) in [5.74, 6) is 1.57. The Morgan fingerprint density at radius 3 is 3.05 bits per heavy atom. The molecule has 0 saturated carbocycles. The standard InChI is InChI=1S/C17H17N3O2/c21-14-4-1-3-13(9-14)16-19-15-5-2-7-18-17(15)20(16)10-12-6-8-22-11-12/h1-5,7,9,12,21H,6,8,10-11H2. The van der Waals surface area contributed by atoms with Crippen LogP contribution >= 0.6 is 0 Å². The van der Waals surface area contributed by atoms with Crippen LogP contribution in [0.15, 0.2) is 42.6 Å². The van der Waals surface area contributed by atoms with E-state index in [1.165, 1.54) is 0 Å². The van der Waals surface area contributed by atoms with Gasteiger partial charge in [0.1, 0.15) is 17.1 Å². The van der Waals surface area contributed by atoms with E-state index in [0.717, 1.165) is 48.7 Å². The maximum atomic E-state index is 9.75. The average Bonchev–Trinajstić information content (AvgIpc) is 3.16. The number of aromatic nitrogens is 3. The average molecular weight is 295 g/mol. The lowest BCUT2D eigenvalue weighted by Crippen LogP contribution is -2.12. The molecule has 1 N–H and O–H groups in total. The molecule has 1 aliphatic heterocycles. The first-order chi connectivity index (χ1) is 10.8. The van der Waals surface area contributed by atoms with Gasteiger partial charge < -0.3 is 14.4 Å². The topological polar surface area (TPSA) is 60.2 Å². The first-order valence-electron chi connectivity index (χ1n) is 7.49. The fourth-order valence-corrected chi connectivity index (χ4v) is 2.98. The van der Waals surface area contributed by atoms with Crippen LogP contribution in [0.2, 0.25) is 0 Å². The van der Waals surface area contributed by atoms with Gasteiger partial charge in [-0.15, -0.1) is 0 Å². The maximum Gasteiger partial charge on any atom is 0.160 e. The van der Waals surface area contributed by atoms with E-state index in [1.807, 2.05) is 24.3 Å². The van der Waals surface area contributed by atoms with Crippen LogP contribution in [0.1, 0.15) is 6.42 Å². The number of hydrogen-bond donors (Lipinski definition) is 1. The van der Waals surface area contributed by atoms with Crippen molar-refractivity contribution in [1.82, 2.24) is 14.5 Å². The Labute approximate surface area is 128 Å². The minimum absolute atomic E-state index is 0.244. The number of rotatable bonds is 3. The van der Waals surface area contributed by atoms with Crippen LogP contribution < -0.4 is 0 Å². The Hall–Kier alpha value is -2.40. The van der Waals surface area contributed by atoms with Gasteiger partial charge in [-0.05, 0) is 30.7 Å². The summed E-state index contributed by atoms with van der Waals surface area (Å²) in [6, 6.07) is 11.1. The highest BCUT2D eigenvalue weighted by Crippen LogP contribution is 2.28. The molecule has 0 spiro atoms. The van der Waals surface area contributed by atoms with Gasteiger partial charge in [0.25, 0.3) is 0 Å². The van der Waals surface area contributed by atoms with E-state index in [9.17, 15) is 5.11 Å². The second kappa shape index (κ2) is 5.42. The molecule has 1 atom stereocenters. The summed E-state index contributed by atoms with van der Waals surface area (Å²) in [6.45, 7) is 2.44. The molecule has 0 radical (unpaired) electrons. The quantitative estimate of drug-likeness (QED) is 0.807. The van der Waals surface area contributed by atoms with Gasteiger partial charge in [-0.25, -0.2) is 9.97 Å². The number of ether oxygens (including phenoxy) is 1. The van der Waals surface area contributed by atoms with Crippen molar-refractivity contribution >= 4 is 11.2 Å². The molecule has 0 bridgehead atoms. The Morgan fingerprint density at radius 1 is 1.27 bits per heavy atom. The molecular formula is C17H17N3O2. The number of aromatic hydroxyl groups is 1. The third-order valence-electron chi connectivity index (χ3n) is 4.07. The predicted molar refractivity (Wildman–Crippen MR) is 83.6 cm³/mol. The van der Waals surface area contributed by atoms with E-state index in [2.05, 4.69) is 9.55 Å². The van der Waals surface area contributed by atoms with Gasteiger partial charge >= 0.3 is 0 Å². The van der Waals surface area contributed by atoms with Gasteiger partial charge in [-0.3, -0.25) is 0 Å². The zero-order valence-electron chi connectivity index (χ0n) is 12.1. The number of hydrogen-bond acceptors (Lipinski definition) is 4. The van der Waals surface area contributed by atoms with Gasteiger partial charge in [0, 0.05) is 30.8 Å². The predicted octanol–water partition coefficient (Wildman–Crippen LogP) is 2.84. The Morgan fingerprint density at radius 2 is 2.23 bits per heavy atom. The number of fused-ring (bicyclic) bond motifs is 1. The SMILES string of the molecule is Oc1cccc(-c2nc3cccnc3n2CC2CCOC2)c1. The Balaban J connectivity index is 1.85. The molecule has 3 aromatic rings. The van der Waals surface area contributed by atoms with E-state index in [1.54, 1.807) is 18.3 Å². The fraction of sp³-hybridized carbons (Fsp3) is 0.294. The number of imidazole rings is 1. The maximum absolute atomic E-state index is 9.75. The molecule has 5 nitrogen and oxygen atoms in total. The van der Waals surface area contributed by atoms with Gasteiger partial charge in [0.15, 0.2) is 5.65 Å². The van der Waals surface area contributed by atoms with Gasteiger partial charge in [-0.2, -0.15) is 0 Å². The molecule has 112 valence electrons. The molecule has 1 unspecified atom stereocenters. The van der Waals surface area contributed by atoms with E-state index in [0.29, 0.717) is 5.92 Å². The first-order valence-corrected chi connectivity index (χ1v) is 7.49. The van der Waals surface area contributed by atoms with Crippen LogP contribution in [0, 0.1) is 5.92 Å². The molecule has 5 heteroatoms. The molecule has 1 aromatic carbocycles. The van der Waals surface area contributed by atoms with Crippen LogP contribution in [0.3, 0.4) is 0 Å². The largest absolute Gasteiger partial charge is 0.508 e.